The Kier molecular flexibility index (Phi) is 6.72. The molecule has 0 saturated carbocycles. The molecule has 0 bridgehead atoms. The van der Waals surface area contributed by atoms with E-state index in [0.29, 0.717) is 13.0 Å². The van der Waals surface area contributed by atoms with Crippen LogP contribution in [0.1, 0.15) is 35.4 Å². The van der Waals surface area contributed by atoms with Gasteiger partial charge in [-0.05, 0) is 43.0 Å². The van der Waals surface area contributed by atoms with Gasteiger partial charge in [-0.1, -0.05) is 60.2 Å². The minimum Gasteiger partial charge on any atom is -0.356 e. The van der Waals surface area contributed by atoms with E-state index < -0.39 is 0 Å². The second kappa shape index (κ2) is 10.0. The Labute approximate surface area is 183 Å². The van der Waals surface area contributed by atoms with Crippen molar-refractivity contribution >= 4 is 17.1 Å². The molecule has 2 heterocycles. The number of hydrogen-bond acceptors (Lipinski definition) is 3. The Balaban J connectivity index is 1.35. The number of rotatable bonds is 9. The third-order valence-corrected chi connectivity index (χ3v) is 5.43. The van der Waals surface area contributed by atoms with Gasteiger partial charge in [-0.3, -0.25) is 4.79 Å². The number of aromatic nitrogens is 3. The zero-order chi connectivity index (χ0) is 21.5. The summed E-state index contributed by atoms with van der Waals surface area (Å²) in [5, 5.41) is 3.03. The number of amides is 1. The quantitative estimate of drug-likeness (QED) is 0.441. The van der Waals surface area contributed by atoms with E-state index in [0.717, 1.165) is 42.8 Å². The van der Waals surface area contributed by atoms with Gasteiger partial charge in [0.1, 0.15) is 11.3 Å². The second-order valence-electron chi connectivity index (χ2n) is 7.89. The normalized spacial score (nSPS) is 11.0. The van der Waals surface area contributed by atoms with Gasteiger partial charge in [0, 0.05) is 25.6 Å². The highest BCUT2D eigenvalue weighted by Gasteiger charge is 2.13. The minimum absolute atomic E-state index is 0.0928. The predicted molar refractivity (Wildman–Crippen MR) is 124 cm³/mol. The van der Waals surface area contributed by atoms with E-state index in [-0.39, 0.29) is 5.91 Å². The van der Waals surface area contributed by atoms with E-state index in [4.69, 9.17) is 4.98 Å². The van der Waals surface area contributed by atoms with E-state index in [1.54, 1.807) is 6.20 Å². The number of carbonyl (C=O) groups is 1. The van der Waals surface area contributed by atoms with Crippen molar-refractivity contribution in [2.45, 2.75) is 39.2 Å². The Bertz CT molecular complexity index is 1130. The predicted octanol–water partition coefficient (Wildman–Crippen LogP) is 4.47. The van der Waals surface area contributed by atoms with Crippen LogP contribution in [0, 0.1) is 6.92 Å². The number of benzene rings is 2. The first-order chi connectivity index (χ1) is 15.2. The Morgan fingerprint density at radius 3 is 2.55 bits per heavy atom. The van der Waals surface area contributed by atoms with Crippen LogP contribution >= 0.6 is 0 Å². The smallest absolute Gasteiger partial charge is 0.220 e. The van der Waals surface area contributed by atoms with Gasteiger partial charge in [0.25, 0.3) is 0 Å². The van der Waals surface area contributed by atoms with Crippen molar-refractivity contribution in [1.82, 2.24) is 19.9 Å². The van der Waals surface area contributed by atoms with E-state index in [9.17, 15) is 4.79 Å². The molecule has 0 atom stereocenters. The molecule has 0 aliphatic carbocycles. The summed E-state index contributed by atoms with van der Waals surface area (Å²) in [6.45, 7) is 3.49. The summed E-state index contributed by atoms with van der Waals surface area (Å²) < 4.78 is 2.17. The molecule has 2 aromatic carbocycles. The molecule has 5 nitrogen and oxygen atoms in total. The highest BCUT2D eigenvalue weighted by Crippen LogP contribution is 2.18. The first-order valence-electron chi connectivity index (χ1n) is 10.9. The van der Waals surface area contributed by atoms with Crippen LogP contribution < -0.4 is 5.32 Å². The van der Waals surface area contributed by atoms with E-state index in [1.165, 1.54) is 16.7 Å². The van der Waals surface area contributed by atoms with Crippen molar-refractivity contribution < 1.29 is 4.79 Å². The van der Waals surface area contributed by atoms with Crippen LogP contribution in [0.2, 0.25) is 0 Å². The summed E-state index contributed by atoms with van der Waals surface area (Å²) in [4.78, 5) is 21.6. The fourth-order valence-corrected chi connectivity index (χ4v) is 3.72. The number of pyridine rings is 1. The van der Waals surface area contributed by atoms with Crippen LogP contribution in [0.4, 0.5) is 0 Å². The standard InChI is InChI=1S/C26H28N4O/c1-20-12-14-22(15-13-20)19-30-24(29-23-9-6-17-28-26(23)30)10-5-11-25(31)27-18-16-21-7-3-2-4-8-21/h2-4,6-9,12-15,17H,5,10-11,16,18-19H2,1H3,(H,27,31). The van der Waals surface area contributed by atoms with Crippen LogP contribution in [-0.4, -0.2) is 27.0 Å². The molecule has 0 spiro atoms. The number of imidazole rings is 1. The third-order valence-electron chi connectivity index (χ3n) is 5.43. The number of hydrogen-bond donors (Lipinski definition) is 1. The van der Waals surface area contributed by atoms with Gasteiger partial charge in [0.15, 0.2) is 5.65 Å². The van der Waals surface area contributed by atoms with Gasteiger partial charge >= 0.3 is 0 Å². The third kappa shape index (κ3) is 5.57. The summed E-state index contributed by atoms with van der Waals surface area (Å²) in [5.41, 5.74) is 5.49. The molecule has 31 heavy (non-hydrogen) atoms. The molecule has 0 unspecified atom stereocenters. The fraction of sp³-hybridized carbons (Fsp3) is 0.269. The minimum atomic E-state index is 0.0928. The van der Waals surface area contributed by atoms with Crippen molar-refractivity contribution in [1.29, 1.82) is 0 Å². The molecule has 0 aliphatic heterocycles. The van der Waals surface area contributed by atoms with E-state index in [1.807, 2.05) is 30.3 Å². The molecule has 4 rings (SSSR count). The highest BCUT2D eigenvalue weighted by atomic mass is 16.1. The summed E-state index contributed by atoms with van der Waals surface area (Å²) in [6, 6.07) is 22.7. The monoisotopic (exact) mass is 412 g/mol. The van der Waals surface area contributed by atoms with E-state index in [2.05, 4.69) is 58.2 Å². The molecule has 4 aromatic rings. The van der Waals surface area contributed by atoms with Gasteiger partial charge in [-0.25, -0.2) is 9.97 Å². The van der Waals surface area contributed by atoms with Gasteiger partial charge < -0.3 is 9.88 Å². The average molecular weight is 413 g/mol. The average Bonchev–Trinajstić information content (AvgIpc) is 3.13. The van der Waals surface area contributed by atoms with Crippen LogP contribution in [0.5, 0.6) is 0 Å². The molecule has 5 heteroatoms. The fourth-order valence-electron chi connectivity index (χ4n) is 3.72. The van der Waals surface area contributed by atoms with Crippen molar-refractivity contribution in [3.63, 3.8) is 0 Å². The van der Waals surface area contributed by atoms with E-state index >= 15 is 0 Å². The molecule has 1 amide bonds. The maximum atomic E-state index is 12.3. The van der Waals surface area contributed by atoms with Crippen molar-refractivity contribution in [3.8, 4) is 0 Å². The molecule has 158 valence electrons. The van der Waals surface area contributed by atoms with Gasteiger partial charge in [-0.15, -0.1) is 0 Å². The molecule has 0 radical (unpaired) electrons. The number of nitrogens with zero attached hydrogens (tertiary/aromatic N) is 3. The van der Waals surface area contributed by atoms with Crippen molar-refractivity contribution in [3.05, 3.63) is 95.4 Å². The van der Waals surface area contributed by atoms with Crippen molar-refractivity contribution in [2.75, 3.05) is 6.54 Å². The molecular weight excluding hydrogens is 384 g/mol. The topological polar surface area (TPSA) is 59.8 Å². The molecular formula is C26H28N4O. The summed E-state index contributed by atoms with van der Waals surface area (Å²) in [5.74, 6) is 1.07. The largest absolute Gasteiger partial charge is 0.356 e. The lowest BCUT2D eigenvalue weighted by Crippen LogP contribution is -2.25. The summed E-state index contributed by atoms with van der Waals surface area (Å²) in [6.07, 6.45) is 4.66. The highest BCUT2D eigenvalue weighted by molar-refractivity contribution is 5.76. The lowest BCUT2D eigenvalue weighted by Gasteiger charge is -2.10. The van der Waals surface area contributed by atoms with Crippen LogP contribution in [-0.2, 0) is 24.2 Å². The molecule has 2 aromatic heterocycles. The lowest BCUT2D eigenvalue weighted by atomic mass is 10.1. The van der Waals surface area contributed by atoms with Crippen LogP contribution in [0.3, 0.4) is 0 Å². The van der Waals surface area contributed by atoms with Crippen LogP contribution in [0.15, 0.2) is 72.9 Å². The molecule has 0 aliphatic rings. The molecule has 1 N–H and O–H groups in total. The SMILES string of the molecule is Cc1ccc(Cn2c(CCCC(=O)NCCc3ccccc3)nc3cccnc32)cc1. The molecule has 0 saturated heterocycles. The van der Waals surface area contributed by atoms with Gasteiger partial charge in [0.05, 0.1) is 6.54 Å². The maximum Gasteiger partial charge on any atom is 0.220 e. The summed E-state index contributed by atoms with van der Waals surface area (Å²) in [7, 11) is 0. The number of nitrogens with one attached hydrogen (secondary N) is 1. The van der Waals surface area contributed by atoms with Gasteiger partial charge in [0.2, 0.25) is 5.91 Å². The zero-order valence-corrected chi connectivity index (χ0v) is 17.9. The number of carbonyl (C=O) groups excluding carboxylic acids is 1. The second-order valence-corrected chi connectivity index (χ2v) is 7.89. The van der Waals surface area contributed by atoms with Gasteiger partial charge in [-0.2, -0.15) is 0 Å². The first kappa shape index (κ1) is 20.8. The number of fused-ring (bicyclic) bond motifs is 1. The number of aryl methyl sites for hydroxylation is 2. The Hall–Kier alpha value is -3.47. The Morgan fingerprint density at radius 1 is 0.935 bits per heavy atom. The maximum absolute atomic E-state index is 12.3. The van der Waals surface area contributed by atoms with Crippen molar-refractivity contribution in [2.24, 2.45) is 0 Å². The molecule has 0 fully saturated rings. The Morgan fingerprint density at radius 2 is 1.74 bits per heavy atom. The zero-order valence-electron chi connectivity index (χ0n) is 17.9. The van der Waals surface area contributed by atoms with Crippen LogP contribution in [0.25, 0.3) is 11.2 Å². The summed E-state index contributed by atoms with van der Waals surface area (Å²) >= 11 is 0. The lowest BCUT2D eigenvalue weighted by molar-refractivity contribution is -0.121. The first-order valence-corrected chi connectivity index (χ1v) is 10.9.